The molecule has 2 atom stereocenters. The third-order valence-corrected chi connectivity index (χ3v) is 2.62. The minimum absolute atomic E-state index is 0.219. The van der Waals surface area contributed by atoms with Crippen molar-refractivity contribution in [2.24, 2.45) is 11.8 Å². The van der Waals surface area contributed by atoms with Crippen molar-refractivity contribution in [1.29, 1.82) is 0 Å². The van der Waals surface area contributed by atoms with Crippen LogP contribution in [0.4, 0.5) is 0 Å². The Labute approximate surface area is 92.8 Å². The van der Waals surface area contributed by atoms with E-state index in [0.29, 0.717) is 5.92 Å². The summed E-state index contributed by atoms with van der Waals surface area (Å²) < 4.78 is 5.39. The Bertz CT molecular complexity index is 168. The maximum absolute atomic E-state index is 10.6. The van der Waals surface area contributed by atoms with Crippen LogP contribution in [0.15, 0.2) is 0 Å². The number of carbonyl (C=O) groups is 1. The van der Waals surface area contributed by atoms with E-state index >= 15 is 0 Å². The van der Waals surface area contributed by atoms with E-state index in [4.69, 9.17) is 9.84 Å². The molecule has 0 aromatic heterocycles. The molecule has 0 aromatic carbocycles. The van der Waals surface area contributed by atoms with Crippen LogP contribution in [0.25, 0.3) is 0 Å². The number of carboxylic acids is 1. The molecule has 15 heavy (non-hydrogen) atoms. The average molecular weight is 216 g/mol. The number of carboxylic acid groups (broad SMARTS) is 1. The quantitative estimate of drug-likeness (QED) is 0.603. The lowest BCUT2D eigenvalue weighted by molar-refractivity contribution is -0.141. The lowest BCUT2D eigenvalue weighted by atomic mass is 9.96. The molecule has 0 saturated heterocycles. The highest BCUT2D eigenvalue weighted by Crippen LogP contribution is 2.15. The second-order valence-corrected chi connectivity index (χ2v) is 4.32. The summed E-state index contributed by atoms with van der Waals surface area (Å²) in [5.74, 6) is -0.350. The zero-order valence-electron chi connectivity index (χ0n) is 10.2. The molecule has 1 N–H and O–H groups in total. The van der Waals surface area contributed by atoms with Gasteiger partial charge in [-0.25, -0.2) is 0 Å². The first-order valence-corrected chi connectivity index (χ1v) is 5.88. The van der Waals surface area contributed by atoms with Gasteiger partial charge < -0.3 is 9.84 Å². The molecule has 0 aliphatic rings. The second kappa shape index (κ2) is 8.72. The maximum atomic E-state index is 10.6. The van der Waals surface area contributed by atoms with E-state index in [1.807, 2.05) is 0 Å². The van der Waals surface area contributed by atoms with Crippen molar-refractivity contribution < 1.29 is 14.6 Å². The zero-order chi connectivity index (χ0) is 11.7. The third-order valence-electron chi connectivity index (χ3n) is 2.62. The van der Waals surface area contributed by atoms with Crippen molar-refractivity contribution in [2.45, 2.75) is 46.5 Å². The van der Waals surface area contributed by atoms with Gasteiger partial charge in [0.05, 0.1) is 5.92 Å². The van der Waals surface area contributed by atoms with E-state index in [-0.39, 0.29) is 5.92 Å². The molecule has 0 rings (SSSR count). The fourth-order valence-corrected chi connectivity index (χ4v) is 1.33. The summed E-state index contributed by atoms with van der Waals surface area (Å²) in [4.78, 5) is 10.6. The molecule has 2 unspecified atom stereocenters. The minimum Gasteiger partial charge on any atom is -0.481 e. The van der Waals surface area contributed by atoms with Crippen LogP contribution in [0.1, 0.15) is 46.5 Å². The van der Waals surface area contributed by atoms with E-state index in [1.54, 1.807) is 6.92 Å². The molecule has 0 heterocycles. The van der Waals surface area contributed by atoms with E-state index in [9.17, 15) is 4.79 Å². The normalized spacial score (nSPS) is 14.9. The number of aliphatic carboxylic acids is 1. The van der Waals surface area contributed by atoms with E-state index in [1.165, 1.54) is 0 Å². The lowest BCUT2D eigenvalue weighted by Gasteiger charge is -2.12. The van der Waals surface area contributed by atoms with Crippen LogP contribution in [0, 0.1) is 11.8 Å². The van der Waals surface area contributed by atoms with Crippen molar-refractivity contribution in [3.63, 3.8) is 0 Å². The summed E-state index contributed by atoms with van der Waals surface area (Å²) >= 11 is 0. The molecule has 0 spiro atoms. The van der Waals surface area contributed by atoms with Crippen LogP contribution in [0.2, 0.25) is 0 Å². The Kier molecular flexibility index (Phi) is 8.38. The number of hydrogen-bond donors (Lipinski definition) is 1. The smallest absolute Gasteiger partial charge is 0.306 e. The van der Waals surface area contributed by atoms with E-state index in [0.717, 1.165) is 38.9 Å². The Hall–Kier alpha value is -0.570. The zero-order valence-corrected chi connectivity index (χ0v) is 10.2. The van der Waals surface area contributed by atoms with Gasteiger partial charge in [0.2, 0.25) is 0 Å². The molecular weight excluding hydrogens is 192 g/mol. The highest BCUT2D eigenvalue weighted by Gasteiger charge is 2.12. The standard InChI is InChI=1S/C12H24O3/c1-4-8-15-9-7-10(2)5-6-11(3)12(13)14/h10-11H,4-9H2,1-3H3,(H,13,14). The Balaban J connectivity index is 3.40. The van der Waals surface area contributed by atoms with E-state index in [2.05, 4.69) is 13.8 Å². The molecule has 0 fully saturated rings. The van der Waals surface area contributed by atoms with Crippen LogP contribution in [0.3, 0.4) is 0 Å². The summed E-state index contributed by atoms with van der Waals surface area (Å²) in [5.41, 5.74) is 0. The van der Waals surface area contributed by atoms with Gasteiger partial charge in [-0.1, -0.05) is 20.8 Å². The van der Waals surface area contributed by atoms with Crippen LogP contribution in [0.5, 0.6) is 0 Å². The summed E-state index contributed by atoms with van der Waals surface area (Å²) in [7, 11) is 0. The molecule has 3 heteroatoms. The van der Waals surface area contributed by atoms with Crippen molar-refractivity contribution in [3.8, 4) is 0 Å². The van der Waals surface area contributed by atoms with Gasteiger partial charge in [0, 0.05) is 13.2 Å². The molecule has 0 radical (unpaired) electrons. The topological polar surface area (TPSA) is 46.5 Å². The number of ether oxygens (including phenoxy) is 1. The predicted molar refractivity (Wildman–Crippen MR) is 60.9 cm³/mol. The highest BCUT2D eigenvalue weighted by atomic mass is 16.5. The maximum Gasteiger partial charge on any atom is 0.306 e. The predicted octanol–water partition coefficient (Wildman–Crippen LogP) is 2.94. The third kappa shape index (κ3) is 8.43. The largest absolute Gasteiger partial charge is 0.481 e. The van der Waals surface area contributed by atoms with Gasteiger partial charge in [-0.2, -0.15) is 0 Å². The molecule has 0 bridgehead atoms. The fourth-order valence-electron chi connectivity index (χ4n) is 1.33. The van der Waals surface area contributed by atoms with Crippen molar-refractivity contribution in [2.75, 3.05) is 13.2 Å². The van der Waals surface area contributed by atoms with Gasteiger partial charge in [-0.15, -0.1) is 0 Å². The first kappa shape index (κ1) is 14.4. The van der Waals surface area contributed by atoms with Gasteiger partial charge in [0.25, 0.3) is 0 Å². The molecule has 0 aromatic rings. The fraction of sp³-hybridized carbons (Fsp3) is 0.917. The van der Waals surface area contributed by atoms with Gasteiger partial charge in [0.1, 0.15) is 0 Å². The second-order valence-electron chi connectivity index (χ2n) is 4.32. The van der Waals surface area contributed by atoms with Crippen LogP contribution in [-0.4, -0.2) is 24.3 Å². The molecule has 0 amide bonds. The molecular formula is C12H24O3. The first-order chi connectivity index (χ1) is 7.07. The molecule has 0 aliphatic carbocycles. The Morgan fingerprint density at radius 1 is 1.20 bits per heavy atom. The van der Waals surface area contributed by atoms with Gasteiger partial charge in [-0.05, 0) is 31.6 Å². The van der Waals surface area contributed by atoms with Crippen molar-refractivity contribution >= 4 is 5.97 Å². The number of rotatable bonds is 9. The summed E-state index contributed by atoms with van der Waals surface area (Å²) in [5, 5.41) is 8.72. The summed E-state index contributed by atoms with van der Waals surface area (Å²) in [6, 6.07) is 0. The molecule has 90 valence electrons. The van der Waals surface area contributed by atoms with Crippen LogP contribution < -0.4 is 0 Å². The SMILES string of the molecule is CCCOCCC(C)CCC(C)C(=O)O. The molecule has 0 saturated carbocycles. The Morgan fingerprint density at radius 2 is 1.87 bits per heavy atom. The minimum atomic E-state index is -0.690. The summed E-state index contributed by atoms with van der Waals surface area (Å²) in [6.45, 7) is 7.65. The first-order valence-electron chi connectivity index (χ1n) is 5.88. The number of hydrogen-bond acceptors (Lipinski definition) is 2. The van der Waals surface area contributed by atoms with Crippen molar-refractivity contribution in [1.82, 2.24) is 0 Å². The highest BCUT2D eigenvalue weighted by molar-refractivity contribution is 5.69. The van der Waals surface area contributed by atoms with Gasteiger partial charge >= 0.3 is 5.97 Å². The van der Waals surface area contributed by atoms with Gasteiger partial charge in [0.15, 0.2) is 0 Å². The Morgan fingerprint density at radius 3 is 2.40 bits per heavy atom. The van der Waals surface area contributed by atoms with Crippen molar-refractivity contribution in [3.05, 3.63) is 0 Å². The van der Waals surface area contributed by atoms with Crippen LogP contribution in [-0.2, 0) is 9.53 Å². The average Bonchev–Trinajstić information content (AvgIpc) is 2.20. The van der Waals surface area contributed by atoms with E-state index < -0.39 is 5.97 Å². The van der Waals surface area contributed by atoms with Gasteiger partial charge in [-0.3, -0.25) is 4.79 Å². The lowest BCUT2D eigenvalue weighted by Crippen LogP contribution is -2.11. The molecule has 3 nitrogen and oxygen atoms in total. The van der Waals surface area contributed by atoms with Crippen LogP contribution >= 0.6 is 0 Å². The molecule has 0 aliphatic heterocycles. The monoisotopic (exact) mass is 216 g/mol. The summed E-state index contributed by atoms with van der Waals surface area (Å²) in [6.07, 6.45) is 3.84.